The van der Waals surface area contributed by atoms with Gasteiger partial charge in [0.15, 0.2) is 34.9 Å². The first kappa shape index (κ1) is 79.8. The molecule has 10 heterocycles. The standard InChI is InChI=1S/C70H82N28O14/c1-13-71-62(104)44-24-40(29-90(44)4)77-69(111)60-87-53(36-98(60)12)88-70(112)61-86-52(35-97(61)11)82-56(103)17-20-74-65(107)47-26-42(31-93(47)7)79-67(109)58-84-50(33-95(58)9)80-54(101)15-14-18-72-63(105)45-25-41(30-92(45)6)78-68(110)59-85-51(34-96(59)10)81-55(102)16-19-73-64(106)46-23-39(28-91(46)5)76-66(108)43-21-38(27-89(43)3)22-48(100)57-83-49(32-94(57)8)75-37(2)99/h21,23-36H,13-20,22H2,1-12H3,(H,71,104)(H,72,105)(H,73,106)(H,74,107)(H,75,99)(H,76,108)(H,77,111)(H,78,110)(H,79,109)(H,80,101)(H,81,102)(H,82,103)(H,88,112). The molecule has 0 saturated heterocycles. The van der Waals surface area contributed by atoms with Crippen molar-refractivity contribution in [3.8, 4) is 0 Å². The quantitative estimate of drug-likeness (QED) is 0.0212. The lowest BCUT2D eigenvalue weighted by Crippen LogP contribution is -2.29. The monoisotopic (exact) mass is 1540 g/mol. The first-order valence-corrected chi connectivity index (χ1v) is 34.5. The van der Waals surface area contributed by atoms with Crippen LogP contribution in [0.25, 0.3) is 0 Å². The molecule has 0 radical (unpaired) electrons. The molecule has 0 aromatic carbocycles. The molecule has 0 bridgehead atoms. The minimum atomic E-state index is -0.696. The SMILES string of the molecule is CCNC(=O)c1cc(NC(=O)c2nc(NC(=O)c3nc(NC(=O)CCNC(=O)c4cc(NC(=O)c5nc(NC(=O)CCCNC(=O)c6cc(NC(=O)c7nc(NC(=O)CCNC(=O)c8cc(NC(=O)c9cc(CC(=O)c%10nc(NC(C)=O)cn%10C)cn9C)cn8C)cn7C)cn6C)cn5C)cn4C)cn3C)cn2C)cn1C. The third-order valence-corrected chi connectivity index (χ3v) is 16.9. The maximum Gasteiger partial charge on any atom is 0.292 e. The van der Waals surface area contributed by atoms with Crippen molar-refractivity contribution >= 4 is 134 Å². The van der Waals surface area contributed by atoms with Crippen LogP contribution in [0.5, 0.6) is 0 Å². The van der Waals surface area contributed by atoms with Crippen LogP contribution in [0.3, 0.4) is 0 Å². The second-order valence-electron chi connectivity index (χ2n) is 26.0. The number of hydrogen-bond donors (Lipinski definition) is 13. The predicted octanol–water partition coefficient (Wildman–Crippen LogP) is 2.11. The zero-order valence-electron chi connectivity index (χ0n) is 62.9. The summed E-state index contributed by atoms with van der Waals surface area (Å²) in [6.07, 6.45) is 14.7. The van der Waals surface area contributed by atoms with Gasteiger partial charge in [-0.1, -0.05) is 0 Å². The second kappa shape index (κ2) is 34.4. The van der Waals surface area contributed by atoms with Gasteiger partial charge >= 0.3 is 0 Å². The molecule has 0 aliphatic rings. The number of nitrogens with zero attached hydrogens (tertiary/aromatic N) is 15. The van der Waals surface area contributed by atoms with Crippen molar-refractivity contribution in [3.05, 3.63) is 155 Å². The normalized spacial score (nSPS) is 11.0. The van der Waals surface area contributed by atoms with Crippen molar-refractivity contribution in [1.82, 2.24) is 91.9 Å². The summed E-state index contributed by atoms with van der Waals surface area (Å²) in [6.45, 7) is 3.43. The van der Waals surface area contributed by atoms with E-state index in [1.165, 1.54) is 124 Å². The molecule has 0 fully saturated rings. The van der Waals surface area contributed by atoms with Crippen molar-refractivity contribution in [2.45, 2.75) is 46.0 Å². The van der Waals surface area contributed by atoms with Gasteiger partial charge in [0, 0.05) is 191 Å². The number of ketones is 1. The summed E-state index contributed by atoms with van der Waals surface area (Å²) in [5.74, 6) is -6.95. The maximum atomic E-state index is 13.4. The number of Topliss-reactive ketones (excluding diaryl/α,β-unsaturated/α-hetero) is 1. The summed E-state index contributed by atoms with van der Waals surface area (Å²) in [4.78, 5) is 203. The van der Waals surface area contributed by atoms with E-state index in [1.54, 1.807) is 97.9 Å². The molecular formula is C70H82N28O14. The number of carbonyl (C=O) groups is 14. The van der Waals surface area contributed by atoms with Crippen molar-refractivity contribution in [1.29, 1.82) is 0 Å². The van der Waals surface area contributed by atoms with Gasteiger partial charge in [0.25, 0.3) is 53.2 Å². The number of amides is 13. The number of aromatic nitrogens is 15. The summed E-state index contributed by atoms with van der Waals surface area (Å²) < 4.78 is 14.6. The van der Waals surface area contributed by atoms with E-state index < -0.39 is 65.0 Å². The zero-order valence-corrected chi connectivity index (χ0v) is 62.9. The first-order chi connectivity index (χ1) is 53.2. The number of hydrogen-bond acceptors (Lipinski definition) is 19. The fourth-order valence-corrected chi connectivity index (χ4v) is 11.7. The summed E-state index contributed by atoms with van der Waals surface area (Å²) in [5.41, 5.74) is 2.77. The van der Waals surface area contributed by atoms with Crippen molar-refractivity contribution in [2.24, 2.45) is 70.5 Å². The lowest BCUT2D eigenvalue weighted by atomic mass is 10.1. The Morgan fingerprint density at radius 3 is 0.964 bits per heavy atom. The second-order valence-corrected chi connectivity index (χ2v) is 26.0. The molecule has 10 rings (SSSR count). The molecule has 13 amide bonds. The van der Waals surface area contributed by atoms with Gasteiger partial charge in [-0.3, -0.25) is 67.1 Å². The van der Waals surface area contributed by atoms with Crippen LogP contribution >= 0.6 is 0 Å². The maximum absolute atomic E-state index is 13.4. The van der Waals surface area contributed by atoms with E-state index in [1.807, 2.05) is 0 Å². The highest BCUT2D eigenvalue weighted by atomic mass is 16.2. The molecule has 112 heavy (non-hydrogen) atoms. The molecule has 0 aliphatic heterocycles. The average molecular weight is 1540 g/mol. The Bertz CT molecular complexity index is 5400. The molecule has 0 spiro atoms. The minimum absolute atomic E-state index is 0.0382. The van der Waals surface area contributed by atoms with Crippen LogP contribution in [0.1, 0.15) is 151 Å². The third-order valence-electron chi connectivity index (χ3n) is 16.9. The Morgan fingerprint density at radius 2 is 0.589 bits per heavy atom. The molecule has 586 valence electrons. The van der Waals surface area contributed by atoms with Crippen molar-refractivity contribution in [2.75, 3.05) is 74.0 Å². The predicted molar refractivity (Wildman–Crippen MR) is 405 cm³/mol. The van der Waals surface area contributed by atoms with Crippen LogP contribution < -0.4 is 69.1 Å². The van der Waals surface area contributed by atoms with Crippen LogP contribution in [0.2, 0.25) is 0 Å². The van der Waals surface area contributed by atoms with E-state index >= 15 is 0 Å². The number of rotatable bonds is 32. The Kier molecular flexibility index (Phi) is 24.5. The van der Waals surface area contributed by atoms with Crippen molar-refractivity contribution in [3.63, 3.8) is 0 Å². The highest BCUT2D eigenvalue weighted by molar-refractivity contribution is 6.08. The van der Waals surface area contributed by atoms with Gasteiger partial charge in [-0.15, -0.1) is 0 Å². The number of nitrogens with one attached hydrogen (secondary N) is 13. The van der Waals surface area contributed by atoms with E-state index in [0.717, 1.165) is 0 Å². The van der Waals surface area contributed by atoms with E-state index in [9.17, 15) is 67.1 Å². The smallest absolute Gasteiger partial charge is 0.292 e. The number of anilines is 9. The Balaban J connectivity index is 0.598. The molecule has 42 nitrogen and oxygen atoms in total. The van der Waals surface area contributed by atoms with Crippen LogP contribution in [-0.4, -0.2) is 179 Å². The fourth-order valence-electron chi connectivity index (χ4n) is 11.7. The minimum Gasteiger partial charge on any atom is -0.351 e. The number of aryl methyl sites for hydroxylation is 10. The van der Waals surface area contributed by atoms with Crippen LogP contribution in [0.15, 0.2) is 92.3 Å². The highest BCUT2D eigenvalue weighted by Crippen LogP contribution is 2.23. The van der Waals surface area contributed by atoms with Gasteiger partial charge in [0.1, 0.15) is 28.5 Å². The van der Waals surface area contributed by atoms with E-state index in [0.29, 0.717) is 29.2 Å². The summed E-state index contributed by atoms with van der Waals surface area (Å²) >= 11 is 0. The van der Waals surface area contributed by atoms with Crippen LogP contribution in [0.4, 0.5) is 51.8 Å². The van der Waals surface area contributed by atoms with Crippen LogP contribution in [-0.2, 0) is 96.1 Å². The van der Waals surface area contributed by atoms with Gasteiger partial charge in [-0.2, -0.15) is 0 Å². The number of carbonyl (C=O) groups excluding carboxylic acids is 14. The molecule has 0 atom stereocenters. The molecular weight excluding hydrogens is 1460 g/mol. The van der Waals surface area contributed by atoms with E-state index in [4.69, 9.17) is 0 Å². The topological polar surface area (TPSA) is 509 Å². The molecule has 0 aliphatic carbocycles. The summed E-state index contributed by atoms with van der Waals surface area (Å²) in [7, 11) is 15.9. The Morgan fingerprint density at radius 1 is 0.295 bits per heavy atom. The molecule has 0 saturated carbocycles. The molecule has 13 N–H and O–H groups in total. The van der Waals surface area contributed by atoms with Gasteiger partial charge < -0.3 is 115 Å². The largest absolute Gasteiger partial charge is 0.351 e. The zero-order chi connectivity index (χ0) is 81.1. The van der Waals surface area contributed by atoms with Crippen molar-refractivity contribution < 1.29 is 67.1 Å². The van der Waals surface area contributed by atoms with E-state index in [-0.39, 0.29) is 162 Å². The third kappa shape index (κ3) is 19.7. The van der Waals surface area contributed by atoms with Gasteiger partial charge in [-0.05, 0) is 49.2 Å². The van der Waals surface area contributed by atoms with Gasteiger partial charge in [-0.25, -0.2) is 24.9 Å². The molecule has 10 aromatic heterocycles. The average Bonchev–Trinajstić information content (AvgIpc) is 1.68. The lowest BCUT2D eigenvalue weighted by molar-refractivity contribution is -0.117. The van der Waals surface area contributed by atoms with Crippen LogP contribution in [0, 0.1) is 0 Å². The van der Waals surface area contributed by atoms with Gasteiger partial charge in [0.05, 0.1) is 22.7 Å². The fraction of sp³-hybridized carbons (Fsp3) is 0.300. The molecule has 42 heteroatoms. The highest BCUT2D eigenvalue weighted by Gasteiger charge is 2.26. The summed E-state index contributed by atoms with van der Waals surface area (Å²) in [5, 5.41) is 34.6. The lowest BCUT2D eigenvalue weighted by Gasteiger charge is -2.06. The first-order valence-electron chi connectivity index (χ1n) is 34.5. The molecule has 0 unspecified atom stereocenters. The van der Waals surface area contributed by atoms with E-state index in [2.05, 4.69) is 94.0 Å². The number of imidazole rings is 5. The Labute approximate surface area is 636 Å². The van der Waals surface area contributed by atoms with Gasteiger partial charge in [0.2, 0.25) is 52.7 Å². The molecule has 10 aromatic rings. The Hall–Kier alpha value is -14.8. The summed E-state index contributed by atoms with van der Waals surface area (Å²) in [6, 6.07) is 7.41.